The lowest BCUT2D eigenvalue weighted by Gasteiger charge is -2.20. The molecular weight excluding hydrogens is 407 g/mol. The van der Waals surface area contributed by atoms with Gasteiger partial charge in [-0.25, -0.2) is 9.37 Å². The molecule has 1 unspecified atom stereocenters. The van der Waals surface area contributed by atoms with E-state index in [0.29, 0.717) is 21.5 Å². The highest BCUT2D eigenvalue weighted by Gasteiger charge is 2.49. The Labute approximate surface area is 173 Å². The van der Waals surface area contributed by atoms with Crippen molar-refractivity contribution in [3.63, 3.8) is 0 Å². The molecule has 8 heteroatoms. The molecule has 0 saturated carbocycles. The van der Waals surface area contributed by atoms with E-state index in [1.807, 2.05) is 0 Å². The van der Waals surface area contributed by atoms with Gasteiger partial charge in [0.1, 0.15) is 23.4 Å². The molecule has 1 amide bonds. The van der Waals surface area contributed by atoms with Crippen LogP contribution in [0.1, 0.15) is 17.4 Å². The zero-order valence-corrected chi connectivity index (χ0v) is 16.1. The van der Waals surface area contributed by atoms with E-state index < -0.39 is 23.5 Å². The van der Waals surface area contributed by atoms with Crippen molar-refractivity contribution in [2.75, 3.05) is 4.90 Å². The maximum absolute atomic E-state index is 13.6. The number of carbonyl (C=O) groups excluding carboxylic acids is 2. The molecule has 4 aromatic rings. The lowest BCUT2D eigenvalue weighted by Crippen LogP contribution is -2.29. The zero-order valence-electron chi connectivity index (χ0n) is 15.3. The van der Waals surface area contributed by atoms with Gasteiger partial charge in [-0.15, -0.1) is 0 Å². The number of halogens is 1. The van der Waals surface area contributed by atoms with E-state index in [2.05, 4.69) is 4.98 Å². The molecule has 1 saturated heterocycles. The van der Waals surface area contributed by atoms with Gasteiger partial charge in [0.05, 0.1) is 22.1 Å². The number of hydrogen-bond donors (Lipinski definition) is 1. The van der Waals surface area contributed by atoms with Crippen molar-refractivity contribution in [1.29, 1.82) is 0 Å². The van der Waals surface area contributed by atoms with Gasteiger partial charge in [0, 0.05) is 5.56 Å². The SMILES string of the molecule is O=C1C(=O)N(c2nc3ccc(F)cc3s2)C(c2ccco2)C1=C(O)c1ccccc1. The van der Waals surface area contributed by atoms with Crippen molar-refractivity contribution in [1.82, 2.24) is 4.98 Å². The van der Waals surface area contributed by atoms with Crippen molar-refractivity contribution >= 4 is 44.1 Å². The molecule has 5 rings (SSSR count). The van der Waals surface area contributed by atoms with Crippen LogP contribution in [-0.4, -0.2) is 21.8 Å². The number of aliphatic hydroxyl groups excluding tert-OH is 1. The van der Waals surface area contributed by atoms with E-state index in [9.17, 15) is 19.1 Å². The summed E-state index contributed by atoms with van der Waals surface area (Å²) in [5.41, 5.74) is 0.810. The van der Waals surface area contributed by atoms with Crippen LogP contribution in [0.2, 0.25) is 0 Å². The molecule has 0 bridgehead atoms. The maximum Gasteiger partial charge on any atom is 0.302 e. The number of Topliss-reactive ketones (excluding diaryl/α,β-unsaturated/α-hetero) is 1. The molecule has 2 aromatic heterocycles. The Hall–Kier alpha value is -3.78. The van der Waals surface area contributed by atoms with E-state index in [-0.39, 0.29) is 16.5 Å². The molecule has 0 aliphatic carbocycles. The minimum atomic E-state index is -0.995. The quantitative estimate of drug-likeness (QED) is 0.296. The second-order valence-electron chi connectivity index (χ2n) is 6.66. The van der Waals surface area contributed by atoms with Gasteiger partial charge >= 0.3 is 5.91 Å². The number of thiazole rings is 1. The van der Waals surface area contributed by atoms with Gasteiger partial charge in [-0.3, -0.25) is 14.5 Å². The largest absolute Gasteiger partial charge is 0.507 e. The van der Waals surface area contributed by atoms with Crippen LogP contribution in [-0.2, 0) is 9.59 Å². The molecule has 30 heavy (non-hydrogen) atoms. The van der Waals surface area contributed by atoms with E-state index in [4.69, 9.17) is 4.42 Å². The Morgan fingerprint density at radius 2 is 1.90 bits per heavy atom. The Morgan fingerprint density at radius 1 is 1.10 bits per heavy atom. The van der Waals surface area contributed by atoms with Crippen LogP contribution in [0.15, 0.2) is 76.9 Å². The summed E-state index contributed by atoms with van der Waals surface area (Å²) in [7, 11) is 0. The van der Waals surface area contributed by atoms with E-state index in [1.165, 1.54) is 29.4 Å². The summed E-state index contributed by atoms with van der Waals surface area (Å²) in [5, 5.41) is 11.1. The summed E-state index contributed by atoms with van der Waals surface area (Å²) in [6.07, 6.45) is 1.42. The molecule has 0 radical (unpaired) electrons. The first-order valence-electron chi connectivity index (χ1n) is 9.00. The molecule has 1 aliphatic heterocycles. The fourth-order valence-electron chi connectivity index (χ4n) is 3.49. The van der Waals surface area contributed by atoms with Crippen LogP contribution < -0.4 is 4.90 Å². The van der Waals surface area contributed by atoms with E-state index >= 15 is 0 Å². The standard InChI is InChI=1S/C22H13FN2O4S/c23-13-8-9-14-16(11-13)30-22(24-14)25-18(15-7-4-10-29-15)17(20(27)21(25)28)19(26)12-5-2-1-3-6-12/h1-11,18,26H. The lowest BCUT2D eigenvalue weighted by atomic mass is 9.99. The number of amides is 1. The van der Waals surface area contributed by atoms with Gasteiger partial charge < -0.3 is 9.52 Å². The number of aliphatic hydroxyl groups is 1. The predicted octanol–water partition coefficient (Wildman–Crippen LogP) is 4.65. The number of anilines is 1. The Bertz CT molecular complexity index is 1310. The average Bonchev–Trinajstić information content (AvgIpc) is 3.47. The molecule has 148 valence electrons. The number of fused-ring (bicyclic) bond motifs is 1. The maximum atomic E-state index is 13.6. The molecule has 1 aliphatic rings. The van der Waals surface area contributed by atoms with E-state index in [1.54, 1.807) is 42.5 Å². The number of hydrogen-bond acceptors (Lipinski definition) is 6. The molecule has 3 heterocycles. The number of nitrogens with zero attached hydrogens (tertiary/aromatic N) is 2. The Morgan fingerprint density at radius 3 is 2.63 bits per heavy atom. The summed E-state index contributed by atoms with van der Waals surface area (Å²) in [6, 6.07) is 14.9. The second-order valence-corrected chi connectivity index (χ2v) is 7.67. The third-order valence-corrected chi connectivity index (χ3v) is 5.87. The second kappa shape index (κ2) is 6.93. The molecule has 6 nitrogen and oxygen atoms in total. The fraction of sp³-hybridized carbons (Fsp3) is 0.0455. The van der Waals surface area contributed by atoms with Crippen LogP contribution in [0.5, 0.6) is 0 Å². The minimum Gasteiger partial charge on any atom is -0.507 e. The first kappa shape index (κ1) is 18.3. The van der Waals surface area contributed by atoms with Gasteiger partial charge in [-0.1, -0.05) is 41.7 Å². The van der Waals surface area contributed by atoms with Gasteiger partial charge in [-0.05, 0) is 30.3 Å². The summed E-state index contributed by atoms with van der Waals surface area (Å²) in [6.45, 7) is 0. The fourth-order valence-corrected chi connectivity index (χ4v) is 4.50. The summed E-state index contributed by atoms with van der Waals surface area (Å²) in [4.78, 5) is 31.5. The van der Waals surface area contributed by atoms with Crippen molar-refractivity contribution in [2.45, 2.75) is 6.04 Å². The number of aromatic nitrogens is 1. The van der Waals surface area contributed by atoms with Gasteiger partial charge in [0.15, 0.2) is 5.13 Å². The third kappa shape index (κ3) is 2.81. The molecule has 1 N–H and O–H groups in total. The van der Waals surface area contributed by atoms with Crippen LogP contribution in [0.3, 0.4) is 0 Å². The van der Waals surface area contributed by atoms with Crippen LogP contribution in [0, 0.1) is 5.82 Å². The summed E-state index contributed by atoms with van der Waals surface area (Å²) in [5.74, 6) is -2.11. The van der Waals surface area contributed by atoms with Crippen molar-refractivity contribution in [3.05, 3.63) is 89.6 Å². The first-order valence-corrected chi connectivity index (χ1v) is 9.82. The highest BCUT2D eigenvalue weighted by molar-refractivity contribution is 7.22. The first-order chi connectivity index (χ1) is 14.5. The van der Waals surface area contributed by atoms with Crippen molar-refractivity contribution in [3.8, 4) is 0 Å². The molecule has 1 atom stereocenters. The number of furan rings is 1. The molecule has 1 fully saturated rings. The summed E-state index contributed by atoms with van der Waals surface area (Å²) >= 11 is 1.08. The van der Waals surface area contributed by atoms with Crippen LogP contribution in [0.25, 0.3) is 16.0 Å². The Balaban J connectivity index is 1.72. The van der Waals surface area contributed by atoms with Crippen molar-refractivity contribution < 1.29 is 23.5 Å². The lowest BCUT2D eigenvalue weighted by molar-refractivity contribution is -0.132. The molecule has 2 aromatic carbocycles. The zero-order chi connectivity index (χ0) is 20.8. The van der Waals surface area contributed by atoms with Crippen LogP contribution in [0.4, 0.5) is 9.52 Å². The predicted molar refractivity (Wildman–Crippen MR) is 110 cm³/mol. The number of rotatable bonds is 3. The average molecular weight is 420 g/mol. The smallest absolute Gasteiger partial charge is 0.302 e. The van der Waals surface area contributed by atoms with E-state index in [0.717, 1.165) is 11.3 Å². The molecular formula is C22H13FN2O4S. The number of benzene rings is 2. The number of carbonyl (C=O) groups is 2. The minimum absolute atomic E-state index is 0.0911. The highest BCUT2D eigenvalue weighted by Crippen LogP contribution is 2.44. The topological polar surface area (TPSA) is 83.6 Å². The Kier molecular flexibility index (Phi) is 4.22. The van der Waals surface area contributed by atoms with Gasteiger partial charge in [0.25, 0.3) is 5.78 Å². The summed E-state index contributed by atoms with van der Waals surface area (Å²) < 4.78 is 19.6. The van der Waals surface area contributed by atoms with Crippen molar-refractivity contribution in [2.24, 2.45) is 0 Å². The normalized spacial score (nSPS) is 18.4. The highest BCUT2D eigenvalue weighted by atomic mass is 32.1. The van der Waals surface area contributed by atoms with Gasteiger partial charge in [-0.2, -0.15) is 0 Å². The molecule has 0 spiro atoms. The van der Waals surface area contributed by atoms with Crippen LogP contribution >= 0.6 is 11.3 Å². The van der Waals surface area contributed by atoms with Gasteiger partial charge in [0.2, 0.25) is 0 Å². The number of ketones is 1. The monoisotopic (exact) mass is 420 g/mol. The third-order valence-electron chi connectivity index (χ3n) is 4.85.